The van der Waals surface area contributed by atoms with Gasteiger partial charge in [-0.15, -0.1) is 0 Å². The molecule has 0 unspecified atom stereocenters. The van der Waals surface area contributed by atoms with Crippen molar-refractivity contribution in [2.45, 2.75) is 26.2 Å². The normalized spacial score (nSPS) is 12.7. The van der Waals surface area contributed by atoms with Gasteiger partial charge >= 0.3 is 15.2 Å². The van der Waals surface area contributed by atoms with Gasteiger partial charge in [-0.1, -0.05) is 6.58 Å². The van der Waals surface area contributed by atoms with Gasteiger partial charge in [-0.05, 0) is 31.9 Å². The molecular weight excluding hydrogens is 308 g/mol. The molecule has 0 fully saturated rings. The van der Waals surface area contributed by atoms with E-state index in [9.17, 15) is 13.9 Å². The molecule has 8 nitrogen and oxygen atoms in total. The van der Waals surface area contributed by atoms with Crippen molar-refractivity contribution in [3.63, 3.8) is 0 Å². The maximum Gasteiger partial charge on any atom is 0.339 e. The quantitative estimate of drug-likeness (QED) is 0.263. The summed E-state index contributed by atoms with van der Waals surface area (Å²) in [6.07, 6.45) is -0.308. The van der Waals surface area contributed by atoms with Gasteiger partial charge in [0.25, 0.3) is 0 Å². The third kappa shape index (κ3) is 11.5. The lowest BCUT2D eigenvalue weighted by molar-refractivity contribution is -0.115. The van der Waals surface area contributed by atoms with Crippen molar-refractivity contribution in [1.29, 1.82) is 0 Å². The van der Waals surface area contributed by atoms with Gasteiger partial charge in [-0.3, -0.25) is 18.8 Å². The minimum atomic E-state index is -4.39. The molecule has 0 aromatic rings. The molecule has 0 aliphatic carbocycles. The van der Waals surface area contributed by atoms with Gasteiger partial charge < -0.3 is 19.6 Å². The van der Waals surface area contributed by atoms with Gasteiger partial charge in [0.1, 0.15) is 12.6 Å². The second-order valence-corrected chi connectivity index (χ2v) is 7.89. The Morgan fingerprint density at radius 3 is 1.85 bits per heavy atom. The fourth-order valence-corrected chi connectivity index (χ4v) is 3.22. The van der Waals surface area contributed by atoms with E-state index in [1.807, 2.05) is 0 Å². The number of Topliss-reactive ketones (excluding diaryl/α,β-unsaturated/α-hetero) is 1. The zero-order chi connectivity index (χ0) is 16.0. The van der Waals surface area contributed by atoms with E-state index in [0.29, 0.717) is 18.4 Å². The molecule has 0 saturated carbocycles. The summed E-state index contributed by atoms with van der Waals surface area (Å²) in [6.45, 7) is 5.19. The topological polar surface area (TPSA) is 135 Å². The van der Waals surface area contributed by atoms with Gasteiger partial charge in [0.05, 0.1) is 0 Å². The Kier molecular flexibility index (Phi) is 8.06. The van der Waals surface area contributed by atoms with E-state index >= 15 is 0 Å². The van der Waals surface area contributed by atoms with E-state index in [0.717, 1.165) is 4.90 Å². The summed E-state index contributed by atoms with van der Waals surface area (Å²) in [7, 11) is -8.78. The first-order chi connectivity index (χ1) is 8.91. The first-order valence-electron chi connectivity index (χ1n) is 5.91. The van der Waals surface area contributed by atoms with Crippen LogP contribution in [0.15, 0.2) is 12.2 Å². The molecule has 0 aromatic heterocycles. The van der Waals surface area contributed by atoms with Crippen LogP contribution in [-0.4, -0.2) is 49.4 Å². The molecule has 0 aliphatic heterocycles. The second-order valence-electron chi connectivity index (χ2n) is 4.67. The Morgan fingerprint density at radius 1 is 1.05 bits per heavy atom. The minimum Gasteiger partial charge on any atom is -0.324 e. The number of rotatable bonds is 10. The average Bonchev–Trinajstić information content (AvgIpc) is 2.18. The summed E-state index contributed by atoms with van der Waals surface area (Å²) in [4.78, 5) is 47.7. The molecule has 0 saturated heterocycles. The highest BCUT2D eigenvalue weighted by atomic mass is 31.2. The van der Waals surface area contributed by atoms with Gasteiger partial charge in [0.15, 0.2) is 5.78 Å². The van der Waals surface area contributed by atoms with Crippen LogP contribution in [0.1, 0.15) is 26.2 Å². The van der Waals surface area contributed by atoms with E-state index in [2.05, 4.69) is 6.58 Å². The van der Waals surface area contributed by atoms with Crippen molar-refractivity contribution in [2.24, 2.45) is 0 Å². The van der Waals surface area contributed by atoms with Gasteiger partial charge in [0.2, 0.25) is 0 Å². The van der Waals surface area contributed by atoms with Gasteiger partial charge in [0, 0.05) is 6.42 Å². The number of unbranched alkanes of at least 4 members (excludes halogenated alkanes) is 1. The number of nitrogens with zero attached hydrogens (tertiary/aromatic N) is 1. The van der Waals surface area contributed by atoms with Crippen LogP contribution in [0.5, 0.6) is 0 Å². The standard InChI is InChI=1S/C10H21NO7P2/c1-9(2)10(12)5-3-4-6-11(7-19(13,14)15)8-20(16,17)18/h1,3-8H2,2H3,(H2,13,14,15)(H2,16,17,18). The Balaban J connectivity index is 4.30. The predicted octanol–water partition coefficient (Wildman–Crippen LogP) is 0.874. The lowest BCUT2D eigenvalue weighted by atomic mass is 10.1. The molecule has 0 amide bonds. The minimum absolute atomic E-state index is 0.0958. The molecule has 20 heavy (non-hydrogen) atoms. The van der Waals surface area contributed by atoms with E-state index in [4.69, 9.17) is 19.6 Å². The number of allylic oxidation sites excluding steroid dienone is 1. The average molecular weight is 329 g/mol. The van der Waals surface area contributed by atoms with Gasteiger partial charge in [-0.25, -0.2) is 0 Å². The summed E-state index contributed by atoms with van der Waals surface area (Å²) in [5, 5.41) is 0. The largest absolute Gasteiger partial charge is 0.339 e. The third-order valence-electron chi connectivity index (χ3n) is 2.37. The maximum atomic E-state index is 11.3. The lowest BCUT2D eigenvalue weighted by Crippen LogP contribution is -2.27. The zero-order valence-electron chi connectivity index (χ0n) is 11.3. The van der Waals surface area contributed by atoms with Crippen molar-refractivity contribution in [2.75, 3.05) is 19.1 Å². The zero-order valence-corrected chi connectivity index (χ0v) is 13.1. The van der Waals surface area contributed by atoms with Crippen LogP contribution in [0, 0.1) is 0 Å². The number of hydrogen-bond donors (Lipinski definition) is 4. The molecular formula is C10H21NO7P2. The molecule has 0 atom stereocenters. The van der Waals surface area contributed by atoms with E-state index in [1.165, 1.54) is 0 Å². The fourth-order valence-electron chi connectivity index (χ4n) is 1.54. The number of carbonyl (C=O) groups is 1. The molecule has 0 radical (unpaired) electrons. The molecule has 0 aliphatic rings. The van der Waals surface area contributed by atoms with Crippen LogP contribution in [0.25, 0.3) is 0 Å². The molecule has 0 aromatic carbocycles. The first kappa shape index (κ1) is 19.7. The van der Waals surface area contributed by atoms with E-state index in [1.54, 1.807) is 6.92 Å². The maximum absolute atomic E-state index is 11.3. The fraction of sp³-hybridized carbons (Fsp3) is 0.700. The highest BCUT2D eigenvalue weighted by Gasteiger charge is 2.25. The summed E-state index contributed by atoms with van der Waals surface area (Å²) >= 11 is 0. The Labute approximate surface area is 117 Å². The van der Waals surface area contributed by atoms with Gasteiger partial charge in [-0.2, -0.15) is 0 Å². The van der Waals surface area contributed by atoms with Crippen LogP contribution >= 0.6 is 15.2 Å². The molecule has 0 spiro atoms. The van der Waals surface area contributed by atoms with Crippen LogP contribution in [0.2, 0.25) is 0 Å². The third-order valence-corrected chi connectivity index (χ3v) is 3.91. The highest BCUT2D eigenvalue weighted by Crippen LogP contribution is 2.40. The van der Waals surface area contributed by atoms with Crippen LogP contribution < -0.4 is 0 Å². The van der Waals surface area contributed by atoms with Crippen molar-refractivity contribution in [3.8, 4) is 0 Å². The van der Waals surface area contributed by atoms with Crippen molar-refractivity contribution >= 4 is 21.0 Å². The van der Waals surface area contributed by atoms with Crippen LogP contribution in [0.4, 0.5) is 0 Å². The predicted molar refractivity (Wildman–Crippen MR) is 74.2 cm³/mol. The van der Waals surface area contributed by atoms with Crippen molar-refractivity contribution in [1.82, 2.24) is 4.90 Å². The first-order valence-corrected chi connectivity index (χ1v) is 9.50. The molecule has 10 heteroatoms. The smallest absolute Gasteiger partial charge is 0.324 e. The molecule has 118 valence electrons. The number of carbonyl (C=O) groups excluding carboxylic acids is 1. The lowest BCUT2D eigenvalue weighted by Gasteiger charge is -2.22. The van der Waals surface area contributed by atoms with Crippen LogP contribution in [0.3, 0.4) is 0 Å². The van der Waals surface area contributed by atoms with E-state index < -0.39 is 27.8 Å². The van der Waals surface area contributed by atoms with Crippen molar-refractivity contribution in [3.05, 3.63) is 12.2 Å². The summed E-state index contributed by atoms with van der Waals surface area (Å²) in [6, 6.07) is 0. The summed E-state index contributed by atoms with van der Waals surface area (Å²) in [5.74, 6) is -0.0958. The molecule has 4 N–H and O–H groups in total. The Morgan fingerprint density at radius 2 is 1.50 bits per heavy atom. The SMILES string of the molecule is C=C(C)C(=O)CCCCN(CP(=O)(O)O)CP(=O)(O)O. The summed E-state index contributed by atoms with van der Waals surface area (Å²) < 4.78 is 21.8. The molecule has 0 bridgehead atoms. The molecule has 0 rings (SSSR count). The highest BCUT2D eigenvalue weighted by molar-refractivity contribution is 7.52. The number of hydrogen-bond acceptors (Lipinski definition) is 4. The van der Waals surface area contributed by atoms with Crippen LogP contribution in [-0.2, 0) is 13.9 Å². The molecule has 0 heterocycles. The monoisotopic (exact) mass is 329 g/mol. The summed E-state index contributed by atoms with van der Waals surface area (Å²) in [5.41, 5.74) is 0.437. The Bertz CT molecular complexity index is 415. The second kappa shape index (κ2) is 8.20. The van der Waals surface area contributed by atoms with E-state index in [-0.39, 0.29) is 18.7 Å². The van der Waals surface area contributed by atoms with Crippen molar-refractivity contribution < 1.29 is 33.5 Å². The Hall–Kier alpha value is -0.330. The number of ketones is 1.